The SMILES string of the molecule is O=C(O)C=Cc1cncn1C(c1ccccc1)(c1ccccc1)c1ccccc1. The molecule has 0 fully saturated rings. The second-order valence-corrected chi connectivity index (χ2v) is 6.67. The van der Waals surface area contributed by atoms with Gasteiger partial charge in [-0.15, -0.1) is 0 Å². The molecule has 3 aromatic carbocycles. The molecule has 0 saturated heterocycles. The molecule has 142 valence electrons. The molecule has 0 amide bonds. The molecule has 4 rings (SSSR count). The zero-order valence-electron chi connectivity index (χ0n) is 15.7. The maximum atomic E-state index is 11.1. The summed E-state index contributed by atoms with van der Waals surface area (Å²) in [6, 6.07) is 30.6. The van der Waals surface area contributed by atoms with Crippen LogP contribution >= 0.6 is 0 Å². The maximum absolute atomic E-state index is 11.1. The Morgan fingerprint density at radius 1 is 0.793 bits per heavy atom. The minimum Gasteiger partial charge on any atom is -0.478 e. The highest BCUT2D eigenvalue weighted by atomic mass is 16.4. The fourth-order valence-corrected chi connectivity index (χ4v) is 3.82. The van der Waals surface area contributed by atoms with Crippen molar-refractivity contribution in [1.82, 2.24) is 9.55 Å². The summed E-state index contributed by atoms with van der Waals surface area (Å²) in [4.78, 5) is 15.5. The monoisotopic (exact) mass is 380 g/mol. The fraction of sp³-hybridized carbons (Fsp3) is 0.0400. The van der Waals surface area contributed by atoms with Crippen molar-refractivity contribution in [2.75, 3.05) is 0 Å². The van der Waals surface area contributed by atoms with Crippen LogP contribution in [-0.4, -0.2) is 20.6 Å². The van der Waals surface area contributed by atoms with Crippen LogP contribution in [0.4, 0.5) is 0 Å². The van der Waals surface area contributed by atoms with Crippen LogP contribution in [0.15, 0.2) is 110 Å². The summed E-state index contributed by atoms with van der Waals surface area (Å²) in [5, 5.41) is 9.14. The average Bonchev–Trinajstić information content (AvgIpc) is 3.24. The molecule has 0 aliphatic rings. The third-order valence-electron chi connectivity index (χ3n) is 5.00. The first kappa shape index (κ1) is 18.4. The van der Waals surface area contributed by atoms with Crippen molar-refractivity contribution >= 4 is 12.0 Å². The number of nitrogens with zero attached hydrogens (tertiary/aromatic N) is 2. The lowest BCUT2D eigenvalue weighted by Gasteiger charge is -2.38. The molecule has 1 heterocycles. The number of aliphatic carboxylic acids is 1. The summed E-state index contributed by atoms with van der Waals surface area (Å²) < 4.78 is 2.03. The Kier molecular flexibility index (Phi) is 5.08. The third kappa shape index (κ3) is 3.36. The van der Waals surface area contributed by atoms with Gasteiger partial charge in [-0.05, 0) is 22.8 Å². The highest BCUT2D eigenvalue weighted by molar-refractivity contribution is 5.85. The lowest BCUT2D eigenvalue weighted by Crippen LogP contribution is -2.38. The standard InChI is InChI=1S/C25H20N2O2/c28-24(29)17-16-23-18-26-19-27(23)25(20-10-4-1-5-11-20,21-12-6-2-7-13-21)22-14-8-3-9-15-22/h1-19H,(H,28,29). The van der Waals surface area contributed by atoms with Gasteiger partial charge in [-0.1, -0.05) is 91.0 Å². The van der Waals surface area contributed by atoms with Gasteiger partial charge in [0.2, 0.25) is 0 Å². The molecule has 1 aromatic heterocycles. The molecule has 0 saturated carbocycles. The van der Waals surface area contributed by atoms with E-state index in [1.807, 2.05) is 59.2 Å². The number of hydrogen-bond donors (Lipinski definition) is 1. The van der Waals surface area contributed by atoms with Crippen LogP contribution in [0, 0.1) is 0 Å². The van der Waals surface area contributed by atoms with E-state index in [-0.39, 0.29) is 0 Å². The van der Waals surface area contributed by atoms with Crippen LogP contribution in [0.25, 0.3) is 6.08 Å². The fourth-order valence-electron chi connectivity index (χ4n) is 3.82. The van der Waals surface area contributed by atoms with Crippen LogP contribution in [0.1, 0.15) is 22.4 Å². The third-order valence-corrected chi connectivity index (χ3v) is 5.00. The number of carboxylic acids is 1. The average molecular weight is 380 g/mol. The molecule has 4 nitrogen and oxygen atoms in total. The van der Waals surface area contributed by atoms with E-state index < -0.39 is 11.5 Å². The smallest absolute Gasteiger partial charge is 0.328 e. The highest BCUT2D eigenvalue weighted by Gasteiger charge is 2.39. The zero-order chi connectivity index (χ0) is 20.1. The molecule has 0 spiro atoms. The predicted molar refractivity (Wildman–Crippen MR) is 114 cm³/mol. The Balaban J connectivity index is 2.10. The number of aromatic nitrogens is 2. The Morgan fingerprint density at radius 2 is 1.24 bits per heavy atom. The predicted octanol–water partition coefficient (Wildman–Crippen LogP) is 4.82. The van der Waals surface area contributed by atoms with Crippen molar-refractivity contribution in [3.63, 3.8) is 0 Å². The van der Waals surface area contributed by atoms with Crippen LogP contribution < -0.4 is 0 Å². The van der Waals surface area contributed by atoms with E-state index >= 15 is 0 Å². The summed E-state index contributed by atoms with van der Waals surface area (Å²) >= 11 is 0. The molecule has 1 N–H and O–H groups in total. The highest BCUT2D eigenvalue weighted by Crippen LogP contribution is 2.41. The molecular weight excluding hydrogens is 360 g/mol. The molecule has 0 bridgehead atoms. The summed E-state index contributed by atoms with van der Waals surface area (Å²) in [6.07, 6.45) is 6.16. The molecule has 0 radical (unpaired) electrons. The van der Waals surface area contributed by atoms with E-state index in [0.29, 0.717) is 5.69 Å². The van der Waals surface area contributed by atoms with E-state index in [2.05, 4.69) is 41.4 Å². The van der Waals surface area contributed by atoms with Gasteiger partial charge in [0.15, 0.2) is 0 Å². The summed E-state index contributed by atoms with van der Waals surface area (Å²) in [7, 11) is 0. The number of carboxylic acid groups (broad SMARTS) is 1. The first-order valence-electron chi connectivity index (χ1n) is 9.33. The first-order chi connectivity index (χ1) is 14.2. The van der Waals surface area contributed by atoms with Gasteiger partial charge in [-0.2, -0.15) is 0 Å². The van der Waals surface area contributed by atoms with Crippen molar-refractivity contribution in [2.45, 2.75) is 5.54 Å². The van der Waals surface area contributed by atoms with Crippen molar-refractivity contribution in [3.05, 3.63) is 132 Å². The van der Waals surface area contributed by atoms with Gasteiger partial charge in [0.1, 0.15) is 5.54 Å². The Labute approximate surface area is 169 Å². The van der Waals surface area contributed by atoms with Crippen LogP contribution in [-0.2, 0) is 10.3 Å². The van der Waals surface area contributed by atoms with E-state index in [0.717, 1.165) is 22.8 Å². The molecule has 4 aromatic rings. The Bertz CT molecular complexity index is 1020. The first-order valence-corrected chi connectivity index (χ1v) is 9.33. The normalized spacial score (nSPS) is 11.6. The number of hydrogen-bond acceptors (Lipinski definition) is 2. The van der Waals surface area contributed by atoms with Crippen molar-refractivity contribution in [3.8, 4) is 0 Å². The Morgan fingerprint density at radius 3 is 1.66 bits per heavy atom. The number of carbonyl (C=O) groups is 1. The van der Waals surface area contributed by atoms with Gasteiger partial charge in [0, 0.05) is 6.08 Å². The van der Waals surface area contributed by atoms with Crippen molar-refractivity contribution in [1.29, 1.82) is 0 Å². The molecule has 0 unspecified atom stereocenters. The van der Waals surface area contributed by atoms with Crippen LogP contribution in [0.3, 0.4) is 0 Å². The summed E-state index contributed by atoms with van der Waals surface area (Å²) in [5.41, 5.74) is 3.16. The van der Waals surface area contributed by atoms with Crippen LogP contribution in [0.5, 0.6) is 0 Å². The summed E-state index contributed by atoms with van der Waals surface area (Å²) in [6.45, 7) is 0. The molecule has 0 atom stereocenters. The minimum absolute atomic E-state index is 0.698. The largest absolute Gasteiger partial charge is 0.478 e. The lowest BCUT2D eigenvalue weighted by atomic mass is 9.76. The quantitative estimate of drug-likeness (QED) is 0.385. The molecule has 0 aliphatic carbocycles. The zero-order valence-corrected chi connectivity index (χ0v) is 15.7. The second kappa shape index (κ2) is 7.98. The lowest BCUT2D eigenvalue weighted by molar-refractivity contribution is -0.131. The number of benzene rings is 3. The van der Waals surface area contributed by atoms with Gasteiger partial charge >= 0.3 is 5.97 Å². The van der Waals surface area contributed by atoms with E-state index in [9.17, 15) is 4.79 Å². The van der Waals surface area contributed by atoms with Gasteiger partial charge in [0.05, 0.1) is 18.2 Å². The van der Waals surface area contributed by atoms with Crippen LogP contribution in [0.2, 0.25) is 0 Å². The molecule has 4 heteroatoms. The van der Waals surface area contributed by atoms with E-state index in [4.69, 9.17) is 5.11 Å². The van der Waals surface area contributed by atoms with E-state index in [1.54, 1.807) is 18.6 Å². The number of imidazole rings is 1. The minimum atomic E-state index is -0.998. The second-order valence-electron chi connectivity index (χ2n) is 6.67. The van der Waals surface area contributed by atoms with E-state index in [1.165, 1.54) is 0 Å². The van der Waals surface area contributed by atoms with Gasteiger partial charge in [0.25, 0.3) is 0 Å². The van der Waals surface area contributed by atoms with Crippen molar-refractivity contribution in [2.24, 2.45) is 0 Å². The number of rotatable bonds is 6. The molecule has 0 aliphatic heterocycles. The Hall–Kier alpha value is -3.92. The van der Waals surface area contributed by atoms with Gasteiger partial charge in [-0.25, -0.2) is 9.78 Å². The van der Waals surface area contributed by atoms with Gasteiger partial charge in [-0.3, -0.25) is 0 Å². The summed E-state index contributed by atoms with van der Waals surface area (Å²) in [5.74, 6) is -0.998. The maximum Gasteiger partial charge on any atom is 0.328 e. The van der Waals surface area contributed by atoms with Crippen molar-refractivity contribution < 1.29 is 9.90 Å². The van der Waals surface area contributed by atoms with Gasteiger partial charge < -0.3 is 9.67 Å². The molecular formula is C25H20N2O2. The topological polar surface area (TPSA) is 55.1 Å². The molecule has 29 heavy (non-hydrogen) atoms.